The molecule has 0 radical (unpaired) electrons. The minimum Gasteiger partial charge on any atom is -0.494 e. The molecule has 0 aromatic heterocycles. The van der Waals surface area contributed by atoms with Crippen LogP contribution in [0.5, 0.6) is 5.75 Å². The number of alkyl halides is 1. The molecule has 230 valence electrons. The molecule has 2 aromatic carbocycles. The number of ether oxygens (including phenoxy) is 8. The van der Waals surface area contributed by atoms with Crippen molar-refractivity contribution in [3.63, 3.8) is 0 Å². The first-order chi connectivity index (χ1) is 20.2. The second kappa shape index (κ2) is 15.8. The Bertz CT molecular complexity index is 1190. The van der Waals surface area contributed by atoms with Gasteiger partial charge in [0, 0.05) is 0 Å². The van der Waals surface area contributed by atoms with Crippen LogP contribution >= 0.6 is 0 Å². The summed E-state index contributed by atoms with van der Waals surface area (Å²) in [6.07, 6.45) is -11.7. The lowest BCUT2D eigenvalue weighted by Crippen LogP contribution is -2.56. The highest BCUT2D eigenvalue weighted by Crippen LogP contribution is 2.39. The van der Waals surface area contributed by atoms with Crippen molar-refractivity contribution in [3.8, 4) is 5.75 Å². The first-order valence-corrected chi connectivity index (χ1v) is 13.8. The monoisotopic (exact) mass is 592 g/mol. The maximum absolute atomic E-state index is 15.8. The minimum absolute atomic E-state index is 0.0229. The smallest absolute Gasteiger partial charge is 0.494 e. The van der Waals surface area contributed by atoms with Crippen molar-refractivity contribution < 1.29 is 56.7 Å². The normalized spacial score (nSPS) is 21.5. The molecule has 12 heteroatoms. The first kappa shape index (κ1) is 32.5. The van der Waals surface area contributed by atoms with Crippen LogP contribution in [0.4, 0.5) is 18.8 Å². The van der Waals surface area contributed by atoms with E-state index in [2.05, 4.69) is 0 Å². The van der Waals surface area contributed by atoms with Gasteiger partial charge in [-0.1, -0.05) is 30.3 Å². The maximum atomic E-state index is 15.8. The van der Waals surface area contributed by atoms with Gasteiger partial charge < -0.3 is 37.9 Å². The first-order valence-electron chi connectivity index (χ1n) is 13.8. The predicted octanol–water partition coefficient (Wildman–Crippen LogP) is 5.98. The molecule has 0 aliphatic carbocycles. The van der Waals surface area contributed by atoms with Crippen LogP contribution in [0.1, 0.15) is 56.1 Å². The van der Waals surface area contributed by atoms with Crippen molar-refractivity contribution in [1.82, 2.24) is 0 Å². The van der Waals surface area contributed by atoms with Crippen molar-refractivity contribution in [1.29, 1.82) is 0 Å². The second-order valence-corrected chi connectivity index (χ2v) is 9.14. The molecule has 1 aliphatic rings. The Kier molecular flexibility index (Phi) is 12.2. The summed E-state index contributed by atoms with van der Waals surface area (Å²) in [6, 6.07) is 13.0. The summed E-state index contributed by atoms with van der Waals surface area (Å²) in [5.41, 5.74) is 3.28. The van der Waals surface area contributed by atoms with Crippen LogP contribution in [-0.2, 0) is 39.6 Å². The van der Waals surface area contributed by atoms with Crippen LogP contribution in [0.2, 0.25) is 0 Å². The Morgan fingerprint density at radius 3 is 1.90 bits per heavy atom. The van der Waals surface area contributed by atoms with Gasteiger partial charge in [-0.15, -0.1) is 0 Å². The predicted molar refractivity (Wildman–Crippen MR) is 146 cm³/mol. The standard InChI is InChI=1S/C30H37FO11/c1-6-35-22-14-11-19(12-15-22)16-21-17-20(13-10-18(21)5)24-26(41-29(33)37-8-3)25(40-28(32)36-7-2)23(31)27(39-24)42-30(34)38-9-4/h10-15,17,23-27H,6-9,16H2,1-5H3/t23?,24-,25-,26-,27+/m0/s1. The lowest BCUT2D eigenvalue weighted by molar-refractivity contribution is -0.274. The van der Waals surface area contributed by atoms with Crippen molar-refractivity contribution in [2.45, 2.75) is 71.8 Å². The number of halogens is 1. The fraction of sp³-hybridized carbons (Fsp3) is 0.500. The average molecular weight is 593 g/mol. The largest absolute Gasteiger partial charge is 0.510 e. The number of hydrogen-bond donors (Lipinski definition) is 0. The summed E-state index contributed by atoms with van der Waals surface area (Å²) in [5.74, 6) is 0.752. The average Bonchev–Trinajstić information content (AvgIpc) is 2.95. The zero-order valence-electron chi connectivity index (χ0n) is 24.3. The van der Waals surface area contributed by atoms with E-state index in [9.17, 15) is 14.4 Å². The highest BCUT2D eigenvalue weighted by Gasteiger charge is 2.53. The zero-order chi connectivity index (χ0) is 30.6. The van der Waals surface area contributed by atoms with Crippen molar-refractivity contribution in [2.75, 3.05) is 26.4 Å². The van der Waals surface area contributed by atoms with Gasteiger partial charge in [-0.3, -0.25) is 0 Å². The van der Waals surface area contributed by atoms with Gasteiger partial charge in [-0.25, -0.2) is 18.8 Å². The molecule has 0 N–H and O–H groups in total. The highest BCUT2D eigenvalue weighted by molar-refractivity contribution is 5.62. The molecular formula is C30H37FO11. The van der Waals surface area contributed by atoms with Crippen LogP contribution < -0.4 is 4.74 Å². The highest BCUT2D eigenvalue weighted by atomic mass is 19.1. The third-order valence-electron chi connectivity index (χ3n) is 6.27. The van der Waals surface area contributed by atoms with Gasteiger partial charge in [-0.05, 0) is 75.4 Å². The van der Waals surface area contributed by atoms with E-state index in [0.717, 1.165) is 22.4 Å². The van der Waals surface area contributed by atoms with Gasteiger partial charge in [0.05, 0.1) is 26.4 Å². The molecular weight excluding hydrogens is 555 g/mol. The molecule has 3 rings (SSSR count). The third-order valence-corrected chi connectivity index (χ3v) is 6.27. The van der Waals surface area contributed by atoms with Crippen LogP contribution in [0, 0.1) is 6.92 Å². The number of benzene rings is 2. The number of carbonyl (C=O) groups is 3. The Morgan fingerprint density at radius 2 is 1.33 bits per heavy atom. The molecule has 0 spiro atoms. The second-order valence-electron chi connectivity index (χ2n) is 9.14. The van der Waals surface area contributed by atoms with Gasteiger partial charge in [0.2, 0.25) is 12.5 Å². The molecule has 1 aliphatic heterocycles. The van der Waals surface area contributed by atoms with E-state index in [4.69, 9.17) is 37.9 Å². The lowest BCUT2D eigenvalue weighted by atomic mass is 9.90. The molecule has 0 saturated carbocycles. The quantitative estimate of drug-likeness (QED) is 0.226. The Labute approximate surface area is 244 Å². The fourth-order valence-electron chi connectivity index (χ4n) is 4.35. The number of aryl methyl sites for hydroxylation is 1. The SMILES string of the molecule is CCOC(=O)O[C@H]1O[C@@H](c2ccc(C)c(Cc3ccc(OCC)cc3)c2)[C@H](OC(=O)OCC)[C@@H](OC(=O)OCC)C1F. The maximum Gasteiger partial charge on any atom is 0.510 e. The molecule has 11 nitrogen and oxygen atoms in total. The van der Waals surface area contributed by atoms with Crippen LogP contribution in [0.3, 0.4) is 0 Å². The Hall–Kier alpha value is -4.06. The van der Waals surface area contributed by atoms with E-state index in [0.29, 0.717) is 18.6 Å². The summed E-state index contributed by atoms with van der Waals surface area (Å²) in [5, 5.41) is 0. The molecule has 5 atom stereocenters. The van der Waals surface area contributed by atoms with Crippen LogP contribution in [0.25, 0.3) is 0 Å². The van der Waals surface area contributed by atoms with E-state index >= 15 is 4.39 Å². The molecule has 1 unspecified atom stereocenters. The molecule has 0 bridgehead atoms. The molecule has 1 fully saturated rings. The molecule has 1 saturated heterocycles. The summed E-state index contributed by atoms with van der Waals surface area (Å²) < 4.78 is 57.5. The van der Waals surface area contributed by atoms with Gasteiger partial charge in [0.15, 0.2) is 12.2 Å². The summed E-state index contributed by atoms with van der Waals surface area (Å²) in [4.78, 5) is 36.8. The van der Waals surface area contributed by atoms with Gasteiger partial charge in [0.1, 0.15) is 11.9 Å². The summed E-state index contributed by atoms with van der Waals surface area (Å²) >= 11 is 0. The molecule has 1 heterocycles. The van der Waals surface area contributed by atoms with Crippen molar-refractivity contribution in [3.05, 3.63) is 64.7 Å². The fourth-order valence-corrected chi connectivity index (χ4v) is 4.35. The topological polar surface area (TPSA) is 125 Å². The van der Waals surface area contributed by atoms with Crippen molar-refractivity contribution >= 4 is 18.5 Å². The van der Waals surface area contributed by atoms with E-state index in [1.807, 2.05) is 44.2 Å². The third kappa shape index (κ3) is 8.72. The van der Waals surface area contributed by atoms with E-state index in [-0.39, 0.29) is 19.8 Å². The van der Waals surface area contributed by atoms with Crippen LogP contribution in [0.15, 0.2) is 42.5 Å². The summed E-state index contributed by atoms with van der Waals surface area (Å²) in [6.45, 7) is 8.94. The van der Waals surface area contributed by atoms with Gasteiger partial charge in [-0.2, -0.15) is 0 Å². The summed E-state index contributed by atoms with van der Waals surface area (Å²) in [7, 11) is 0. The Balaban J connectivity index is 2.01. The molecule has 42 heavy (non-hydrogen) atoms. The van der Waals surface area contributed by atoms with Crippen LogP contribution in [-0.4, -0.2) is 69.6 Å². The van der Waals surface area contributed by atoms with E-state index in [1.54, 1.807) is 32.9 Å². The number of carbonyl (C=O) groups excluding carboxylic acids is 3. The van der Waals surface area contributed by atoms with E-state index in [1.165, 1.54) is 0 Å². The zero-order valence-corrected chi connectivity index (χ0v) is 24.3. The number of hydrogen-bond acceptors (Lipinski definition) is 11. The van der Waals surface area contributed by atoms with Gasteiger partial charge in [0.25, 0.3) is 0 Å². The minimum atomic E-state index is -2.27. The van der Waals surface area contributed by atoms with Crippen molar-refractivity contribution in [2.24, 2.45) is 0 Å². The number of rotatable bonds is 11. The van der Waals surface area contributed by atoms with E-state index < -0.39 is 49.2 Å². The molecule has 0 amide bonds. The Morgan fingerprint density at radius 1 is 0.762 bits per heavy atom. The van der Waals surface area contributed by atoms with Gasteiger partial charge >= 0.3 is 18.5 Å². The lowest BCUT2D eigenvalue weighted by Gasteiger charge is -2.41. The molecule has 2 aromatic rings.